The monoisotopic (exact) mass is 545 g/mol. The number of ether oxygens (including phenoxy) is 1. The number of aromatic hydroxyl groups is 1. The van der Waals surface area contributed by atoms with Crippen LogP contribution in [0.2, 0.25) is 0 Å². The predicted molar refractivity (Wildman–Crippen MR) is 127 cm³/mol. The molecule has 5 nitrogen and oxygen atoms in total. The van der Waals surface area contributed by atoms with Crippen LogP contribution in [-0.2, 0) is 17.6 Å². The summed E-state index contributed by atoms with van der Waals surface area (Å²) in [5.74, 6) is 0.461. The lowest BCUT2D eigenvalue weighted by Gasteiger charge is -2.13. The molecule has 0 radical (unpaired) electrons. The second-order valence-electron chi connectivity index (χ2n) is 7.04. The van der Waals surface area contributed by atoms with E-state index in [0.717, 1.165) is 11.1 Å². The van der Waals surface area contributed by atoms with E-state index in [1.807, 2.05) is 42.5 Å². The van der Waals surface area contributed by atoms with Gasteiger partial charge in [-0.25, -0.2) is 0 Å². The summed E-state index contributed by atoms with van der Waals surface area (Å²) in [5, 5.41) is 13.0. The number of carbonyl (C=O) groups is 2. The summed E-state index contributed by atoms with van der Waals surface area (Å²) in [6.07, 6.45) is 1.01. The first-order valence-electron chi connectivity index (χ1n) is 9.64. The fourth-order valence-corrected chi connectivity index (χ4v) is 4.48. The maximum Gasteiger partial charge on any atom is 0.255 e. The van der Waals surface area contributed by atoms with Crippen molar-refractivity contribution in [2.24, 2.45) is 0 Å². The van der Waals surface area contributed by atoms with Crippen molar-refractivity contribution in [2.75, 3.05) is 6.54 Å². The molecule has 0 aromatic heterocycles. The Kier molecular flexibility index (Phi) is 7.87. The normalized spacial score (nSPS) is 10.5. The van der Waals surface area contributed by atoms with Crippen molar-refractivity contribution >= 4 is 43.6 Å². The summed E-state index contributed by atoms with van der Waals surface area (Å²) in [7, 11) is 0. The highest BCUT2D eigenvalue weighted by Gasteiger charge is 2.15. The van der Waals surface area contributed by atoms with Gasteiger partial charge in [-0.2, -0.15) is 0 Å². The third-order valence-corrected chi connectivity index (χ3v) is 5.66. The Morgan fingerprint density at radius 1 is 0.968 bits per heavy atom. The first-order valence-corrected chi connectivity index (χ1v) is 11.2. The van der Waals surface area contributed by atoms with Gasteiger partial charge in [0.05, 0.1) is 14.5 Å². The van der Waals surface area contributed by atoms with Crippen molar-refractivity contribution in [3.05, 3.63) is 86.3 Å². The standard InChI is InChI=1S/C24H21Br2NO4/c1-15(28)11-17-12-20(25)23(21(26)13-17)31-18-7-8-22(29)19(14-18)24(30)27-10-9-16-5-3-2-4-6-16/h2-8,12-14,29H,9-11H2,1H3,(H,27,30). The summed E-state index contributed by atoms with van der Waals surface area (Å²) in [6.45, 7) is 1.98. The highest BCUT2D eigenvalue weighted by molar-refractivity contribution is 9.11. The molecule has 3 rings (SSSR count). The van der Waals surface area contributed by atoms with Crippen LogP contribution in [0.5, 0.6) is 17.2 Å². The van der Waals surface area contributed by atoms with Gasteiger partial charge in [-0.1, -0.05) is 30.3 Å². The van der Waals surface area contributed by atoms with Crippen LogP contribution in [0.1, 0.15) is 28.4 Å². The summed E-state index contributed by atoms with van der Waals surface area (Å²) in [6, 6.07) is 18.0. The SMILES string of the molecule is CC(=O)Cc1cc(Br)c(Oc2ccc(O)c(C(=O)NCCc3ccccc3)c2)c(Br)c1. The van der Waals surface area contributed by atoms with Gasteiger partial charge in [-0.15, -0.1) is 0 Å². The van der Waals surface area contributed by atoms with E-state index in [0.29, 0.717) is 39.8 Å². The highest BCUT2D eigenvalue weighted by Crippen LogP contribution is 2.38. The maximum atomic E-state index is 12.6. The molecule has 7 heteroatoms. The van der Waals surface area contributed by atoms with Crippen LogP contribution >= 0.6 is 31.9 Å². The van der Waals surface area contributed by atoms with Gasteiger partial charge in [0.1, 0.15) is 17.3 Å². The molecule has 0 bridgehead atoms. The lowest BCUT2D eigenvalue weighted by Crippen LogP contribution is -2.25. The minimum absolute atomic E-state index is 0.0638. The summed E-state index contributed by atoms with van der Waals surface area (Å²) in [5.41, 5.74) is 2.10. The molecule has 1 amide bonds. The number of ketones is 1. The van der Waals surface area contributed by atoms with Crippen molar-refractivity contribution in [3.8, 4) is 17.2 Å². The molecule has 160 valence electrons. The smallest absolute Gasteiger partial charge is 0.255 e. The number of amides is 1. The molecule has 0 saturated heterocycles. The van der Waals surface area contributed by atoms with Crippen molar-refractivity contribution in [1.29, 1.82) is 0 Å². The quantitative estimate of drug-likeness (QED) is 0.373. The number of phenols is 1. The lowest BCUT2D eigenvalue weighted by molar-refractivity contribution is -0.116. The Labute approximate surface area is 197 Å². The number of nitrogens with one attached hydrogen (secondary N) is 1. The van der Waals surface area contributed by atoms with E-state index in [4.69, 9.17) is 4.74 Å². The van der Waals surface area contributed by atoms with E-state index in [9.17, 15) is 14.7 Å². The summed E-state index contributed by atoms with van der Waals surface area (Å²) in [4.78, 5) is 23.9. The van der Waals surface area contributed by atoms with Gasteiger partial charge >= 0.3 is 0 Å². The first-order chi connectivity index (χ1) is 14.8. The molecule has 0 aliphatic carbocycles. The summed E-state index contributed by atoms with van der Waals surface area (Å²) < 4.78 is 7.28. The van der Waals surface area contributed by atoms with Crippen LogP contribution in [-0.4, -0.2) is 23.3 Å². The van der Waals surface area contributed by atoms with E-state index in [-0.39, 0.29) is 23.0 Å². The molecule has 0 unspecified atom stereocenters. The predicted octanol–water partition coefficient (Wildman–Crippen LogP) is 5.81. The second-order valence-corrected chi connectivity index (χ2v) is 8.75. The molecule has 0 saturated carbocycles. The van der Waals surface area contributed by atoms with Crippen molar-refractivity contribution in [2.45, 2.75) is 19.8 Å². The Morgan fingerprint density at radius 3 is 2.29 bits per heavy atom. The maximum absolute atomic E-state index is 12.6. The van der Waals surface area contributed by atoms with E-state index in [1.54, 1.807) is 6.07 Å². The van der Waals surface area contributed by atoms with Crippen LogP contribution in [0.25, 0.3) is 0 Å². The molecule has 3 aromatic carbocycles. The fraction of sp³-hybridized carbons (Fsp3) is 0.167. The van der Waals surface area contributed by atoms with Crippen LogP contribution < -0.4 is 10.1 Å². The number of hydrogen-bond donors (Lipinski definition) is 2. The number of halogens is 2. The van der Waals surface area contributed by atoms with Gasteiger partial charge in [0.15, 0.2) is 5.75 Å². The zero-order valence-electron chi connectivity index (χ0n) is 16.8. The topological polar surface area (TPSA) is 75.6 Å². The van der Waals surface area contributed by atoms with Gasteiger partial charge in [-0.05, 0) is 86.7 Å². The van der Waals surface area contributed by atoms with Crippen LogP contribution in [0.3, 0.4) is 0 Å². The number of rotatable bonds is 8. The lowest BCUT2D eigenvalue weighted by atomic mass is 10.1. The largest absolute Gasteiger partial charge is 0.507 e. The average Bonchev–Trinajstić information content (AvgIpc) is 2.72. The van der Waals surface area contributed by atoms with Crippen LogP contribution in [0.15, 0.2) is 69.6 Å². The van der Waals surface area contributed by atoms with Gasteiger partial charge in [0.2, 0.25) is 0 Å². The Balaban J connectivity index is 1.72. The summed E-state index contributed by atoms with van der Waals surface area (Å²) >= 11 is 6.94. The van der Waals surface area contributed by atoms with E-state index >= 15 is 0 Å². The molecule has 31 heavy (non-hydrogen) atoms. The third-order valence-electron chi connectivity index (χ3n) is 4.49. The van der Waals surface area contributed by atoms with Gasteiger partial charge < -0.3 is 15.2 Å². The average molecular weight is 547 g/mol. The molecule has 0 aliphatic heterocycles. The first kappa shape index (κ1) is 23.0. The molecule has 0 spiro atoms. The second kappa shape index (κ2) is 10.6. The van der Waals surface area contributed by atoms with E-state index in [2.05, 4.69) is 37.2 Å². The zero-order chi connectivity index (χ0) is 22.4. The van der Waals surface area contributed by atoms with Crippen molar-refractivity contribution in [1.82, 2.24) is 5.32 Å². The Bertz CT molecular complexity index is 1080. The van der Waals surface area contributed by atoms with Gasteiger partial charge in [0.25, 0.3) is 5.91 Å². The molecule has 3 aromatic rings. The number of phenolic OH excluding ortho intramolecular Hbond substituents is 1. The molecule has 0 fully saturated rings. The number of Topliss-reactive ketones (excluding diaryl/α,β-unsaturated/α-hetero) is 1. The molecule has 2 N–H and O–H groups in total. The van der Waals surface area contributed by atoms with Crippen LogP contribution in [0.4, 0.5) is 0 Å². The van der Waals surface area contributed by atoms with E-state index < -0.39 is 0 Å². The Hall–Kier alpha value is -2.64. The fourth-order valence-electron chi connectivity index (χ4n) is 3.04. The highest BCUT2D eigenvalue weighted by atomic mass is 79.9. The molecule has 0 atom stereocenters. The van der Waals surface area contributed by atoms with Crippen LogP contribution in [0, 0.1) is 0 Å². The number of carbonyl (C=O) groups excluding carboxylic acids is 2. The molecule has 0 heterocycles. The Morgan fingerprint density at radius 2 is 1.65 bits per heavy atom. The molecular weight excluding hydrogens is 526 g/mol. The number of benzene rings is 3. The minimum atomic E-state index is -0.381. The van der Waals surface area contributed by atoms with E-state index in [1.165, 1.54) is 19.1 Å². The van der Waals surface area contributed by atoms with Gasteiger partial charge in [-0.3, -0.25) is 9.59 Å². The van der Waals surface area contributed by atoms with Crippen molar-refractivity contribution in [3.63, 3.8) is 0 Å². The zero-order valence-corrected chi connectivity index (χ0v) is 20.0. The number of hydrogen-bond acceptors (Lipinski definition) is 4. The van der Waals surface area contributed by atoms with Gasteiger partial charge in [0, 0.05) is 13.0 Å². The third kappa shape index (κ3) is 6.42. The van der Waals surface area contributed by atoms with Crippen molar-refractivity contribution < 1.29 is 19.4 Å². The molecular formula is C24H21Br2NO4. The molecule has 0 aliphatic rings. The minimum Gasteiger partial charge on any atom is -0.507 e.